The highest BCUT2D eigenvalue weighted by Gasteiger charge is 2.27. The molecule has 1 aliphatic heterocycles. The number of nitrogens with one attached hydrogen (secondary N) is 1. The average molecular weight is 396 g/mol. The normalized spacial score (nSPS) is 15.3. The number of carbonyl (C=O) groups excluding carboxylic acids is 1. The Bertz CT molecular complexity index is 876. The second-order valence-electron chi connectivity index (χ2n) is 5.88. The lowest BCUT2D eigenvalue weighted by atomic mass is 10.3. The molecule has 2 heterocycles. The Hall–Kier alpha value is -1.91. The van der Waals surface area contributed by atoms with Gasteiger partial charge in [-0.25, -0.2) is 8.42 Å². The summed E-state index contributed by atoms with van der Waals surface area (Å²) in [7, 11) is -3.50. The number of hydrogen-bond donors (Lipinski definition) is 1. The van der Waals surface area contributed by atoms with Crippen molar-refractivity contribution in [2.45, 2.75) is 36.4 Å². The topological polar surface area (TPSA) is 97.2 Å². The first-order valence-corrected chi connectivity index (χ1v) is 10.8. The van der Waals surface area contributed by atoms with E-state index in [0.717, 1.165) is 19.4 Å². The number of aryl methyl sites for hydroxylation is 1. The van der Waals surface area contributed by atoms with Crippen molar-refractivity contribution in [3.8, 4) is 0 Å². The third-order valence-corrected chi connectivity index (χ3v) is 6.95. The van der Waals surface area contributed by atoms with Crippen LogP contribution < -0.4 is 5.32 Å². The Balaban J connectivity index is 1.64. The van der Waals surface area contributed by atoms with E-state index in [2.05, 4.69) is 15.5 Å². The van der Waals surface area contributed by atoms with E-state index in [-0.39, 0.29) is 16.6 Å². The zero-order chi connectivity index (χ0) is 18.6. The number of sulfonamides is 1. The molecule has 1 aromatic carbocycles. The third kappa shape index (κ3) is 4.25. The van der Waals surface area contributed by atoms with Crippen molar-refractivity contribution in [2.75, 3.05) is 24.2 Å². The predicted molar refractivity (Wildman–Crippen MR) is 99.5 cm³/mol. The molecule has 0 atom stereocenters. The van der Waals surface area contributed by atoms with E-state index in [1.165, 1.54) is 22.1 Å². The molecule has 0 unspecified atom stereocenters. The SMILES string of the molecule is CCn1cnnc1SCC(=O)Nc1cccc(S(=O)(=O)N2CCCC2)c1. The Labute approximate surface area is 157 Å². The van der Waals surface area contributed by atoms with Gasteiger partial charge in [-0.2, -0.15) is 4.31 Å². The number of benzene rings is 1. The van der Waals surface area contributed by atoms with Crippen LogP contribution in [0.1, 0.15) is 19.8 Å². The summed E-state index contributed by atoms with van der Waals surface area (Å²) in [6.07, 6.45) is 3.39. The molecule has 10 heteroatoms. The summed E-state index contributed by atoms with van der Waals surface area (Å²) in [5.41, 5.74) is 0.466. The van der Waals surface area contributed by atoms with Crippen molar-refractivity contribution in [1.82, 2.24) is 19.1 Å². The molecular formula is C16H21N5O3S2. The van der Waals surface area contributed by atoms with Crippen molar-refractivity contribution < 1.29 is 13.2 Å². The first-order chi connectivity index (χ1) is 12.5. The highest BCUT2D eigenvalue weighted by Crippen LogP contribution is 2.23. The molecule has 3 rings (SSSR count). The van der Waals surface area contributed by atoms with Gasteiger partial charge in [0.25, 0.3) is 0 Å². The number of amides is 1. The fourth-order valence-electron chi connectivity index (χ4n) is 2.71. The van der Waals surface area contributed by atoms with Crippen LogP contribution >= 0.6 is 11.8 Å². The van der Waals surface area contributed by atoms with Gasteiger partial charge in [0.05, 0.1) is 10.6 Å². The molecular weight excluding hydrogens is 374 g/mol. The minimum Gasteiger partial charge on any atom is -0.325 e. The van der Waals surface area contributed by atoms with Crippen LogP contribution in [-0.2, 0) is 21.4 Å². The molecule has 1 amide bonds. The van der Waals surface area contributed by atoms with E-state index >= 15 is 0 Å². The van der Waals surface area contributed by atoms with Gasteiger partial charge in [-0.05, 0) is 38.0 Å². The minimum absolute atomic E-state index is 0.168. The van der Waals surface area contributed by atoms with E-state index in [1.54, 1.807) is 24.5 Å². The molecule has 1 N–H and O–H groups in total. The van der Waals surface area contributed by atoms with Gasteiger partial charge in [0.2, 0.25) is 15.9 Å². The Kier molecular flexibility index (Phi) is 5.94. The second kappa shape index (κ2) is 8.19. The van der Waals surface area contributed by atoms with Gasteiger partial charge in [-0.15, -0.1) is 10.2 Å². The van der Waals surface area contributed by atoms with Crippen molar-refractivity contribution in [3.05, 3.63) is 30.6 Å². The minimum atomic E-state index is -3.50. The number of anilines is 1. The average Bonchev–Trinajstić information content (AvgIpc) is 3.32. The number of hydrogen-bond acceptors (Lipinski definition) is 6. The predicted octanol–water partition coefficient (Wildman–Crippen LogP) is 1.81. The summed E-state index contributed by atoms with van der Waals surface area (Å²) in [6.45, 7) is 3.80. The summed E-state index contributed by atoms with van der Waals surface area (Å²) >= 11 is 1.29. The maximum atomic E-state index is 12.6. The lowest BCUT2D eigenvalue weighted by molar-refractivity contribution is -0.113. The number of nitrogens with zero attached hydrogens (tertiary/aromatic N) is 4. The smallest absolute Gasteiger partial charge is 0.243 e. The van der Waals surface area contributed by atoms with Crippen LogP contribution in [0.2, 0.25) is 0 Å². The fraction of sp³-hybridized carbons (Fsp3) is 0.438. The highest BCUT2D eigenvalue weighted by atomic mass is 32.2. The molecule has 0 spiro atoms. The monoisotopic (exact) mass is 395 g/mol. The van der Waals surface area contributed by atoms with Crippen LogP contribution in [0.5, 0.6) is 0 Å². The molecule has 140 valence electrons. The Morgan fingerprint density at radius 2 is 2.08 bits per heavy atom. The molecule has 26 heavy (non-hydrogen) atoms. The van der Waals surface area contributed by atoms with E-state index in [9.17, 15) is 13.2 Å². The number of rotatable bonds is 7. The Morgan fingerprint density at radius 3 is 2.81 bits per heavy atom. The molecule has 0 radical (unpaired) electrons. The maximum Gasteiger partial charge on any atom is 0.243 e. The van der Waals surface area contributed by atoms with Crippen molar-refractivity contribution in [2.24, 2.45) is 0 Å². The summed E-state index contributed by atoms with van der Waals surface area (Å²) in [4.78, 5) is 12.4. The van der Waals surface area contributed by atoms with Gasteiger partial charge in [-0.1, -0.05) is 17.8 Å². The second-order valence-corrected chi connectivity index (χ2v) is 8.76. The van der Waals surface area contributed by atoms with Gasteiger partial charge in [-0.3, -0.25) is 4.79 Å². The highest BCUT2D eigenvalue weighted by molar-refractivity contribution is 7.99. The third-order valence-electron chi connectivity index (χ3n) is 4.07. The molecule has 8 nitrogen and oxygen atoms in total. The van der Waals surface area contributed by atoms with E-state index in [1.807, 2.05) is 11.5 Å². The summed E-state index contributed by atoms with van der Waals surface area (Å²) in [6, 6.07) is 6.38. The quantitative estimate of drug-likeness (QED) is 0.718. The lowest BCUT2D eigenvalue weighted by Crippen LogP contribution is -2.28. The van der Waals surface area contributed by atoms with Gasteiger partial charge in [0.1, 0.15) is 6.33 Å². The van der Waals surface area contributed by atoms with Gasteiger partial charge < -0.3 is 9.88 Å². The van der Waals surface area contributed by atoms with E-state index in [0.29, 0.717) is 23.9 Å². The molecule has 1 saturated heterocycles. The van der Waals surface area contributed by atoms with Crippen LogP contribution in [0.15, 0.2) is 40.6 Å². The Morgan fingerprint density at radius 1 is 1.31 bits per heavy atom. The number of aromatic nitrogens is 3. The first kappa shape index (κ1) is 18.9. The fourth-order valence-corrected chi connectivity index (χ4v) is 5.05. The lowest BCUT2D eigenvalue weighted by Gasteiger charge is -2.16. The summed E-state index contributed by atoms with van der Waals surface area (Å²) in [5, 5.41) is 11.2. The summed E-state index contributed by atoms with van der Waals surface area (Å²) in [5.74, 6) is -0.0571. The van der Waals surface area contributed by atoms with E-state index in [4.69, 9.17) is 0 Å². The largest absolute Gasteiger partial charge is 0.325 e. The number of carbonyl (C=O) groups is 1. The number of thioether (sulfide) groups is 1. The standard InChI is InChI=1S/C16H21N5O3S2/c1-2-20-12-17-19-16(20)25-11-15(22)18-13-6-5-7-14(10-13)26(23,24)21-8-3-4-9-21/h5-7,10,12H,2-4,8-9,11H2,1H3,(H,18,22). The molecule has 2 aromatic rings. The van der Waals surface area contributed by atoms with E-state index < -0.39 is 10.0 Å². The summed E-state index contributed by atoms with van der Waals surface area (Å²) < 4.78 is 28.6. The van der Waals surface area contributed by atoms with Crippen LogP contribution in [0.4, 0.5) is 5.69 Å². The van der Waals surface area contributed by atoms with Crippen molar-refractivity contribution >= 4 is 33.4 Å². The van der Waals surface area contributed by atoms with Gasteiger partial charge >= 0.3 is 0 Å². The zero-order valence-electron chi connectivity index (χ0n) is 14.5. The van der Waals surface area contributed by atoms with Gasteiger partial charge in [0.15, 0.2) is 5.16 Å². The molecule has 0 aliphatic carbocycles. The van der Waals surface area contributed by atoms with Gasteiger partial charge in [0, 0.05) is 25.3 Å². The maximum absolute atomic E-state index is 12.6. The first-order valence-electron chi connectivity index (χ1n) is 8.41. The van der Waals surface area contributed by atoms with Crippen molar-refractivity contribution in [1.29, 1.82) is 0 Å². The van der Waals surface area contributed by atoms with Crippen LogP contribution in [0.3, 0.4) is 0 Å². The molecule has 1 fully saturated rings. The molecule has 1 aliphatic rings. The zero-order valence-corrected chi connectivity index (χ0v) is 16.1. The van der Waals surface area contributed by atoms with Crippen LogP contribution in [0.25, 0.3) is 0 Å². The molecule has 0 bridgehead atoms. The van der Waals surface area contributed by atoms with Crippen LogP contribution in [0, 0.1) is 0 Å². The molecule has 1 aromatic heterocycles. The van der Waals surface area contributed by atoms with Crippen molar-refractivity contribution in [3.63, 3.8) is 0 Å². The molecule has 0 saturated carbocycles. The van der Waals surface area contributed by atoms with Crippen LogP contribution in [-0.4, -0.2) is 52.2 Å².